The minimum atomic E-state index is -0.646. The van der Waals surface area contributed by atoms with Crippen LogP contribution in [0.4, 0.5) is 0 Å². The van der Waals surface area contributed by atoms with Crippen LogP contribution in [0.3, 0.4) is 0 Å². The molecule has 0 amide bonds. The second kappa shape index (κ2) is 5.95. The first-order chi connectivity index (χ1) is 6.66. The summed E-state index contributed by atoms with van der Waals surface area (Å²) in [6, 6.07) is 0. The van der Waals surface area contributed by atoms with Gasteiger partial charge < -0.3 is 15.3 Å². The van der Waals surface area contributed by atoms with E-state index in [1.54, 1.807) is 0 Å². The molecule has 0 bridgehead atoms. The number of aliphatic hydroxyl groups is 3. The molecular weight excluding hydrogens is 200 g/mol. The molecule has 1 unspecified atom stereocenters. The maximum Gasteiger partial charge on any atom is 0.0861 e. The highest BCUT2D eigenvalue weighted by Crippen LogP contribution is 2.30. The first-order valence-electron chi connectivity index (χ1n) is 5.25. The molecule has 0 radical (unpaired) electrons. The lowest BCUT2D eigenvalue weighted by Crippen LogP contribution is -2.34. The minimum absolute atomic E-state index is 0.189. The van der Waals surface area contributed by atoms with Crippen molar-refractivity contribution in [2.45, 2.75) is 43.8 Å². The average Bonchev–Trinajstić information content (AvgIpc) is 2.18. The molecule has 14 heavy (non-hydrogen) atoms. The summed E-state index contributed by atoms with van der Waals surface area (Å²) in [5.41, 5.74) is -0.516. The number of hydrogen-bond donors (Lipinski definition) is 3. The van der Waals surface area contributed by atoms with Gasteiger partial charge in [-0.1, -0.05) is 19.3 Å². The molecule has 3 N–H and O–H groups in total. The topological polar surface area (TPSA) is 60.7 Å². The van der Waals surface area contributed by atoms with Gasteiger partial charge in [0.15, 0.2) is 0 Å². The minimum Gasteiger partial charge on any atom is -0.394 e. The third kappa shape index (κ3) is 4.17. The summed E-state index contributed by atoms with van der Waals surface area (Å²) in [4.78, 5) is 0. The van der Waals surface area contributed by atoms with E-state index in [-0.39, 0.29) is 6.61 Å². The first kappa shape index (κ1) is 12.3. The van der Waals surface area contributed by atoms with E-state index >= 15 is 0 Å². The third-order valence-corrected chi connectivity index (χ3v) is 4.04. The van der Waals surface area contributed by atoms with Crippen molar-refractivity contribution >= 4 is 11.8 Å². The highest BCUT2D eigenvalue weighted by atomic mass is 32.2. The molecule has 0 saturated heterocycles. The Morgan fingerprint density at radius 2 is 1.86 bits per heavy atom. The van der Waals surface area contributed by atoms with E-state index in [1.165, 1.54) is 18.2 Å². The van der Waals surface area contributed by atoms with E-state index in [1.807, 2.05) is 0 Å². The quantitative estimate of drug-likeness (QED) is 0.640. The van der Waals surface area contributed by atoms with Gasteiger partial charge in [-0.15, -0.1) is 0 Å². The Labute approximate surface area is 89.5 Å². The normalized spacial score (nSPS) is 23.4. The van der Waals surface area contributed by atoms with Crippen LogP contribution in [0.5, 0.6) is 0 Å². The largest absolute Gasteiger partial charge is 0.394 e. The fourth-order valence-electron chi connectivity index (χ4n) is 1.79. The van der Waals surface area contributed by atoms with Crippen molar-refractivity contribution in [3.63, 3.8) is 0 Å². The zero-order valence-corrected chi connectivity index (χ0v) is 9.30. The number of thioether (sulfide) groups is 1. The summed E-state index contributed by atoms with van der Waals surface area (Å²) in [5.74, 6) is 1.20. The second-order valence-electron chi connectivity index (χ2n) is 4.14. The van der Waals surface area contributed by atoms with Crippen LogP contribution < -0.4 is 0 Å². The van der Waals surface area contributed by atoms with Crippen molar-refractivity contribution in [3.8, 4) is 0 Å². The maximum atomic E-state index is 10.1. The molecule has 0 spiro atoms. The SMILES string of the molecule is OCC(O)CSCC1(O)CCCCC1. The van der Waals surface area contributed by atoms with E-state index in [4.69, 9.17) is 10.2 Å². The number of aliphatic hydroxyl groups excluding tert-OH is 2. The van der Waals surface area contributed by atoms with Crippen LogP contribution in [0.1, 0.15) is 32.1 Å². The Bertz CT molecular complexity index is 157. The van der Waals surface area contributed by atoms with Crippen molar-refractivity contribution in [3.05, 3.63) is 0 Å². The van der Waals surface area contributed by atoms with Crippen LogP contribution >= 0.6 is 11.8 Å². The van der Waals surface area contributed by atoms with Crippen molar-refractivity contribution < 1.29 is 15.3 Å². The molecule has 1 aliphatic rings. The molecule has 0 heterocycles. The molecule has 0 aromatic rings. The molecule has 1 rings (SSSR count). The van der Waals surface area contributed by atoms with Gasteiger partial charge in [0.25, 0.3) is 0 Å². The van der Waals surface area contributed by atoms with Crippen molar-refractivity contribution in [2.24, 2.45) is 0 Å². The highest BCUT2D eigenvalue weighted by molar-refractivity contribution is 7.99. The lowest BCUT2D eigenvalue weighted by atomic mass is 9.86. The Balaban J connectivity index is 2.15. The first-order valence-corrected chi connectivity index (χ1v) is 6.41. The average molecular weight is 220 g/mol. The Morgan fingerprint density at radius 3 is 2.43 bits per heavy atom. The molecule has 1 fully saturated rings. The fraction of sp³-hybridized carbons (Fsp3) is 1.00. The zero-order valence-electron chi connectivity index (χ0n) is 8.48. The predicted octanol–water partition coefficient (Wildman–Crippen LogP) is 0.768. The van der Waals surface area contributed by atoms with Gasteiger partial charge in [-0.3, -0.25) is 0 Å². The lowest BCUT2D eigenvalue weighted by Gasteiger charge is -2.31. The monoisotopic (exact) mass is 220 g/mol. The van der Waals surface area contributed by atoms with Crippen LogP contribution in [0, 0.1) is 0 Å². The van der Waals surface area contributed by atoms with Gasteiger partial charge in [-0.25, -0.2) is 0 Å². The summed E-state index contributed by atoms with van der Waals surface area (Å²) in [6.07, 6.45) is 4.57. The van der Waals surface area contributed by atoms with Crippen LogP contribution in [-0.4, -0.2) is 45.1 Å². The molecule has 0 aliphatic heterocycles. The van der Waals surface area contributed by atoms with Gasteiger partial charge in [0, 0.05) is 11.5 Å². The maximum absolute atomic E-state index is 10.1. The number of hydrogen-bond acceptors (Lipinski definition) is 4. The fourth-order valence-corrected chi connectivity index (χ4v) is 2.96. The molecule has 84 valence electrons. The molecule has 3 nitrogen and oxygen atoms in total. The van der Waals surface area contributed by atoms with Gasteiger partial charge >= 0.3 is 0 Å². The van der Waals surface area contributed by atoms with Crippen molar-refractivity contribution in [1.29, 1.82) is 0 Å². The predicted molar refractivity (Wildman–Crippen MR) is 58.5 cm³/mol. The molecule has 1 saturated carbocycles. The number of rotatable bonds is 5. The Hall–Kier alpha value is 0.230. The zero-order chi connectivity index (χ0) is 10.4. The third-order valence-electron chi connectivity index (χ3n) is 2.68. The second-order valence-corrected chi connectivity index (χ2v) is 5.17. The summed E-state index contributed by atoms with van der Waals surface area (Å²) in [5, 5.41) is 27.8. The smallest absolute Gasteiger partial charge is 0.0861 e. The van der Waals surface area contributed by atoms with E-state index < -0.39 is 11.7 Å². The van der Waals surface area contributed by atoms with E-state index in [0.29, 0.717) is 11.5 Å². The standard InChI is InChI=1S/C10H20O3S/c11-6-9(12)7-14-8-10(13)4-2-1-3-5-10/h9,11-13H,1-8H2. The van der Waals surface area contributed by atoms with Crippen molar-refractivity contribution in [1.82, 2.24) is 0 Å². The van der Waals surface area contributed by atoms with Crippen LogP contribution in [-0.2, 0) is 0 Å². The summed E-state index contributed by atoms with van der Waals surface area (Å²) in [6.45, 7) is -0.189. The summed E-state index contributed by atoms with van der Waals surface area (Å²) >= 11 is 1.53. The molecular formula is C10H20O3S. The van der Waals surface area contributed by atoms with Gasteiger partial charge in [-0.05, 0) is 12.8 Å². The van der Waals surface area contributed by atoms with Crippen LogP contribution in [0.15, 0.2) is 0 Å². The van der Waals surface area contributed by atoms with E-state index in [9.17, 15) is 5.11 Å². The van der Waals surface area contributed by atoms with E-state index in [0.717, 1.165) is 25.7 Å². The highest BCUT2D eigenvalue weighted by Gasteiger charge is 2.28. The van der Waals surface area contributed by atoms with Crippen LogP contribution in [0.2, 0.25) is 0 Å². The van der Waals surface area contributed by atoms with Gasteiger partial charge in [0.1, 0.15) is 0 Å². The molecule has 0 aromatic carbocycles. The molecule has 4 heteroatoms. The van der Waals surface area contributed by atoms with Crippen molar-refractivity contribution in [2.75, 3.05) is 18.1 Å². The molecule has 1 aliphatic carbocycles. The lowest BCUT2D eigenvalue weighted by molar-refractivity contribution is 0.0271. The van der Waals surface area contributed by atoms with Gasteiger partial charge in [0.05, 0.1) is 18.3 Å². The Kier molecular flexibility index (Phi) is 5.23. The Morgan fingerprint density at radius 1 is 1.21 bits per heavy atom. The molecule has 0 aromatic heterocycles. The van der Waals surface area contributed by atoms with E-state index in [2.05, 4.69) is 0 Å². The van der Waals surface area contributed by atoms with Gasteiger partial charge in [-0.2, -0.15) is 11.8 Å². The summed E-state index contributed by atoms with van der Waals surface area (Å²) in [7, 11) is 0. The van der Waals surface area contributed by atoms with Crippen LogP contribution in [0.25, 0.3) is 0 Å². The molecule has 1 atom stereocenters. The van der Waals surface area contributed by atoms with Gasteiger partial charge in [0.2, 0.25) is 0 Å². The summed E-state index contributed by atoms with van der Waals surface area (Å²) < 4.78 is 0.